The van der Waals surface area contributed by atoms with Gasteiger partial charge in [-0.05, 0) is 44.5 Å². The second-order valence-electron chi connectivity index (χ2n) is 7.11. The summed E-state index contributed by atoms with van der Waals surface area (Å²) in [5.41, 5.74) is 0.506. The van der Waals surface area contributed by atoms with Crippen LogP contribution >= 0.6 is 11.6 Å². The first-order valence-electron chi connectivity index (χ1n) is 8.61. The molecule has 1 aliphatic heterocycles. The number of nitrogens with zero attached hydrogens (tertiary/aromatic N) is 3. The third-order valence-corrected chi connectivity index (χ3v) is 3.98. The molecule has 0 saturated carbocycles. The van der Waals surface area contributed by atoms with Gasteiger partial charge in [-0.3, -0.25) is 14.6 Å². The lowest BCUT2D eigenvalue weighted by Crippen LogP contribution is -2.47. The molecule has 0 bridgehead atoms. The monoisotopic (exact) mass is 412 g/mol. The Morgan fingerprint density at radius 1 is 1.50 bits per heavy atom. The molecule has 1 heterocycles. The fourth-order valence-corrected chi connectivity index (χ4v) is 2.77. The van der Waals surface area contributed by atoms with Crippen molar-refractivity contribution >= 4 is 35.6 Å². The van der Waals surface area contributed by atoms with E-state index in [1.165, 1.54) is 11.3 Å². The molecule has 11 heteroatoms. The summed E-state index contributed by atoms with van der Waals surface area (Å²) >= 11 is 6.05. The topological polar surface area (TPSA) is 136 Å². The molecule has 2 rings (SSSR count). The minimum atomic E-state index is -0.794. The van der Waals surface area contributed by atoms with Gasteiger partial charge in [0.2, 0.25) is 5.91 Å². The smallest absolute Gasteiger partial charge is 0.435 e. The summed E-state index contributed by atoms with van der Waals surface area (Å²) in [5.74, 6) is 10.6. The fraction of sp³-hybridized carbons (Fsp3) is 0.471. The third-order valence-electron chi connectivity index (χ3n) is 3.74. The van der Waals surface area contributed by atoms with Crippen molar-refractivity contribution in [1.29, 1.82) is 0 Å². The molecule has 0 aliphatic carbocycles. The van der Waals surface area contributed by atoms with Crippen molar-refractivity contribution in [2.75, 3.05) is 11.6 Å². The third kappa shape index (κ3) is 5.72. The van der Waals surface area contributed by atoms with E-state index in [-0.39, 0.29) is 19.1 Å². The molecule has 28 heavy (non-hydrogen) atoms. The van der Waals surface area contributed by atoms with Crippen molar-refractivity contribution in [3.63, 3.8) is 0 Å². The van der Waals surface area contributed by atoms with Crippen molar-refractivity contribution in [3.05, 3.63) is 28.8 Å². The van der Waals surface area contributed by atoms with Gasteiger partial charge in [0.1, 0.15) is 18.0 Å². The van der Waals surface area contributed by atoms with Crippen molar-refractivity contribution in [3.8, 4) is 0 Å². The molecule has 0 spiro atoms. The summed E-state index contributed by atoms with van der Waals surface area (Å²) in [6.45, 7) is 5.57. The number of nitrogens with one attached hydrogen (secondary N) is 1. The molecule has 1 aromatic rings. The first-order chi connectivity index (χ1) is 13.1. The number of benzene rings is 1. The molecule has 1 unspecified atom stereocenters. The number of carbonyl (C=O) groups excluding carboxylic acids is 2. The van der Waals surface area contributed by atoms with Gasteiger partial charge < -0.3 is 15.9 Å². The number of hydrazine groups is 1. The molecule has 1 atom stereocenters. The lowest BCUT2D eigenvalue weighted by atomic mass is 10.1. The van der Waals surface area contributed by atoms with Crippen LogP contribution in [0.5, 0.6) is 0 Å². The number of hydrogen-bond donors (Lipinski definition) is 3. The van der Waals surface area contributed by atoms with Crippen LogP contribution in [0, 0.1) is 0 Å². The number of anilines is 1. The molecule has 2 amide bonds. The maximum Gasteiger partial charge on any atom is 0.435 e. The summed E-state index contributed by atoms with van der Waals surface area (Å²) in [6.07, 6.45) is 0.876. The number of hydroxylamine groups is 2. The summed E-state index contributed by atoms with van der Waals surface area (Å²) in [6, 6.07) is 4.20. The Bertz CT molecular complexity index is 752. The van der Waals surface area contributed by atoms with E-state index in [1.807, 2.05) is 0 Å². The number of ether oxygens (including phenoxy) is 1. The van der Waals surface area contributed by atoms with Crippen LogP contribution in [0.1, 0.15) is 32.8 Å². The van der Waals surface area contributed by atoms with Crippen molar-refractivity contribution in [2.45, 2.75) is 45.4 Å². The van der Waals surface area contributed by atoms with E-state index in [9.17, 15) is 9.59 Å². The van der Waals surface area contributed by atoms with Crippen molar-refractivity contribution in [2.24, 2.45) is 16.8 Å². The van der Waals surface area contributed by atoms with E-state index in [0.29, 0.717) is 22.7 Å². The number of nitrogens with two attached hydrogens (primary N) is 2. The predicted molar refractivity (Wildman–Crippen MR) is 105 cm³/mol. The Balaban J connectivity index is 2.07. The number of carbonyl (C=O) groups is 2. The molecule has 10 nitrogen and oxygen atoms in total. The highest BCUT2D eigenvalue weighted by molar-refractivity contribution is 6.30. The lowest BCUT2D eigenvalue weighted by molar-refractivity contribution is -0.147. The molecular weight excluding hydrogens is 388 g/mol. The van der Waals surface area contributed by atoms with Crippen LogP contribution in [0.15, 0.2) is 23.3 Å². The minimum absolute atomic E-state index is 0.125. The second-order valence-corrected chi connectivity index (χ2v) is 7.54. The van der Waals surface area contributed by atoms with Crippen LogP contribution in [0.3, 0.4) is 0 Å². The number of rotatable bonds is 5. The molecule has 5 N–H and O–H groups in total. The Hall–Kier alpha value is -2.56. The van der Waals surface area contributed by atoms with Gasteiger partial charge in [0.15, 0.2) is 0 Å². The van der Waals surface area contributed by atoms with Crippen LogP contribution in [0.2, 0.25) is 5.02 Å². The average molecular weight is 413 g/mol. The second kappa shape index (κ2) is 9.09. The molecule has 1 aliphatic rings. The molecule has 0 aromatic heterocycles. The Labute approximate surface area is 168 Å². The van der Waals surface area contributed by atoms with Gasteiger partial charge in [0.05, 0.1) is 12.3 Å². The maximum atomic E-state index is 12.6. The number of halogens is 1. The highest BCUT2D eigenvalue weighted by Gasteiger charge is 2.38. The molecule has 1 fully saturated rings. The van der Waals surface area contributed by atoms with Crippen LogP contribution in [-0.2, 0) is 20.9 Å². The van der Waals surface area contributed by atoms with Gasteiger partial charge in [0.25, 0.3) is 0 Å². The highest BCUT2D eigenvalue weighted by Crippen LogP contribution is 2.23. The normalized spacial score (nSPS) is 17.0. The van der Waals surface area contributed by atoms with Crippen molar-refractivity contribution < 1.29 is 19.2 Å². The Morgan fingerprint density at radius 2 is 2.21 bits per heavy atom. The average Bonchev–Trinajstić information content (AvgIpc) is 3.08. The quantitative estimate of drug-likeness (QED) is 0.288. The SMILES string of the molecule is CC(C)(C)OC(=O)N1OCCC1C(=O)NCc1cc(Cl)ccc1N(N)/C=N\N. The van der Waals surface area contributed by atoms with E-state index in [1.54, 1.807) is 39.0 Å². The summed E-state index contributed by atoms with van der Waals surface area (Å²) in [5, 5.41) is 8.80. The van der Waals surface area contributed by atoms with Crippen molar-refractivity contribution in [1.82, 2.24) is 10.4 Å². The molecular formula is C17H25ClN6O4. The zero-order valence-electron chi connectivity index (χ0n) is 16.0. The maximum absolute atomic E-state index is 12.6. The molecule has 1 saturated heterocycles. The van der Waals surface area contributed by atoms with E-state index >= 15 is 0 Å². The van der Waals surface area contributed by atoms with E-state index in [4.69, 9.17) is 32.9 Å². The molecule has 1 aromatic carbocycles. The molecule has 154 valence electrons. The highest BCUT2D eigenvalue weighted by atomic mass is 35.5. The van der Waals surface area contributed by atoms with Crippen LogP contribution in [0.25, 0.3) is 0 Å². The molecule has 0 radical (unpaired) electrons. The largest absolute Gasteiger partial charge is 0.442 e. The van der Waals surface area contributed by atoms with Gasteiger partial charge in [-0.25, -0.2) is 10.6 Å². The van der Waals surface area contributed by atoms with Crippen LogP contribution in [0.4, 0.5) is 10.5 Å². The first kappa shape index (κ1) is 21.7. The standard InChI is InChI=1S/C17H25ClN6O4/c1-17(2,3)28-16(26)24-14(6-7-27-24)15(25)21-9-11-8-12(18)4-5-13(11)23(20)10-22-19/h4-5,8,10,14H,6-7,9,19-20H2,1-3H3,(H,21,25)/b22-10-. The van der Waals surface area contributed by atoms with Crippen LogP contribution < -0.4 is 22.0 Å². The van der Waals surface area contributed by atoms with Gasteiger partial charge >= 0.3 is 6.09 Å². The minimum Gasteiger partial charge on any atom is -0.442 e. The van der Waals surface area contributed by atoms with Gasteiger partial charge in [-0.1, -0.05) is 11.6 Å². The summed E-state index contributed by atoms with van der Waals surface area (Å²) in [4.78, 5) is 30.1. The Morgan fingerprint density at radius 3 is 2.86 bits per heavy atom. The summed E-state index contributed by atoms with van der Waals surface area (Å²) < 4.78 is 5.27. The van der Waals surface area contributed by atoms with Gasteiger partial charge in [-0.2, -0.15) is 10.2 Å². The van der Waals surface area contributed by atoms with E-state index < -0.39 is 17.7 Å². The van der Waals surface area contributed by atoms with Crippen LogP contribution in [-0.4, -0.2) is 41.7 Å². The summed E-state index contributed by atoms with van der Waals surface area (Å²) in [7, 11) is 0. The Kier molecular flexibility index (Phi) is 7.05. The van der Waals surface area contributed by atoms with Gasteiger partial charge in [0, 0.05) is 18.0 Å². The zero-order chi connectivity index (χ0) is 20.9. The first-order valence-corrected chi connectivity index (χ1v) is 8.98. The number of amides is 2. The predicted octanol–water partition coefficient (Wildman–Crippen LogP) is 1.48. The van der Waals surface area contributed by atoms with Gasteiger partial charge in [-0.15, -0.1) is 0 Å². The fourth-order valence-electron chi connectivity index (χ4n) is 2.58. The number of hydrazone groups is 1. The zero-order valence-corrected chi connectivity index (χ0v) is 16.8. The lowest BCUT2D eigenvalue weighted by Gasteiger charge is -2.26. The van der Waals surface area contributed by atoms with E-state index in [2.05, 4.69) is 10.4 Å². The van der Waals surface area contributed by atoms with E-state index in [0.717, 1.165) is 5.06 Å². The number of hydrogen-bond acceptors (Lipinski definition) is 7.